The van der Waals surface area contributed by atoms with Crippen LogP contribution in [0.2, 0.25) is 0 Å². The summed E-state index contributed by atoms with van der Waals surface area (Å²) in [5, 5.41) is 0. The Balaban J connectivity index is 2.76. The molecule has 6 heteroatoms. The normalized spacial score (nSPS) is 10.8. The average molecular weight is 298 g/mol. The maximum absolute atomic E-state index is 12.0. The molecule has 0 saturated carbocycles. The van der Waals surface area contributed by atoms with Gasteiger partial charge < -0.3 is 4.90 Å². The first-order valence-corrected chi connectivity index (χ1v) is 5.82. The number of aryl methyl sites for hydroxylation is 1. The van der Waals surface area contributed by atoms with E-state index >= 15 is 0 Å². The lowest BCUT2D eigenvalue weighted by molar-refractivity contribution is 0.0624. The van der Waals surface area contributed by atoms with Crippen molar-refractivity contribution in [2.24, 2.45) is 0 Å². The van der Waals surface area contributed by atoms with Gasteiger partial charge >= 0.3 is 0 Å². The van der Waals surface area contributed by atoms with Crippen LogP contribution in [0.5, 0.6) is 0 Å². The Morgan fingerprint density at radius 1 is 1.67 bits per heavy atom. The molecule has 84 valence electrons. The highest BCUT2D eigenvalue weighted by atomic mass is 79.9. The Labute approximate surface area is 99.0 Å². The van der Waals surface area contributed by atoms with E-state index in [2.05, 4.69) is 15.9 Å². The van der Waals surface area contributed by atoms with Crippen LogP contribution < -0.4 is 0 Å². The fourth-order valence-corrected chi connectivity index (χ4v) is 2.57. The monoisotopic (exact) mass is 297 g/mol. The van der Waals surface area contributed by atoms with E-state index in [0.717, 1.165) is 14.2 Å². The van der Waals surface area contributed by atoms with Gasteiger partial charge in [0.05, 0.1) is 15.2 Å². The molecule has 1 aromatic heterocycles. The number of carbonyl (C=O) groups is 1. The first kappa shape index (κ1) is 12.6. The van der Waals surface area contributed by atoms with Crippen molar-refractivity contribution in [2.45, 2.75) is 13.3 Å². The standard InChI is InChI=1S/C9H10BrF2NOS/c1-5-3-6(15-8(5)10)9(14)13(2)4-7(11)12/h3,7H,4H2,1-2H3. The molecule has 1 amide bonds. The molecule has 0 aliphatic rings. The molecule has 0 spiro atoms. The maximum Gasteiger partial charge on any atom is 0.263 e. The van der Waals surface area contributed by atoms with Crippen molar-refractivity contribution in [1.82, 2.24) is 4.90 Å². The van der Waals surface area contributed by atoms with Crippen molar-refractivity contribution in [2.75, 3.05) is 13.6 Å². The highest BCUT2D eigenvalue weighted by Crippen LogP contribution is 2.28. The summed E-state index contributed by atoms with van der Waals surface area (Å²) in [7, 11) is 1.37. The highest BCUT2D eigenvalue weighted by Gasteiger charge is 2.18. The predicted molar refractivity (Wildman–Crippen MR) is 59.7 cm³/mol. The number of thiophene rings is 1. The van der Waals surface area contributed by atoms with Crippen molar-refractivity contribution < 1.29 is 13.6 Å². The molecule has 0 saturated heterocycles. The van der Waals surface area contributed by atoms with Crippen molar-refractivity contribution >= 4 is 33.2 Å². The molecule has 0 fully saturated rings. The first-order chi connectivity index (χ1) is 6.91. The minimum Gasteiger partial charge on any atom is -0.335 e. The van der Waals surface area contributed by atoms with Crippen LogP contribution in [-0.4, -0.2) is 30.8 Å². The lowest BCUT2D eigenvalue weighted by atomic mass is 10.3. The molecule has 0 aliphatic carbocycles. The van der Waals surface area contributed by atoms with Gasteiger partial charge in [-0.3, -0.25) is 4.79 Å². The molecular weight excluding hydrogens is 288 g/mol. The van der Waals surface area contributed by atoms with Crippen LogP contribution in [0.15, 0.2) is 9.85 Å². The number of amides is 1. The summed E-state index contributed by atoms with van der Waals surface area (Å²) in [4.78, 5) is 13.1. The zero-order valence-electron chi connectivity index (χ0n) is 8.26. The number of halogens is 3. The van der Waals surface area contributed by atoms with E-state index in [-0.39, 0.29) is 5.91 Å². The van der Waals surface area contributed by atoms with Gasteiger partial charge in [-0.1, -0.05) is 0 Å². The number of nitrogens with zero attached hydrogens (tertiary/aromatic N) is 1. The van der Waals surface area contributed by atoms with Crippen LogP contribution in [0.4, 0.5) is 8.78 Å². The summed E-state index contributed by atoms with van der Waals surface area (Å²) in [6.07, 6.45) is -2.50. The smallest absolute Gasteiger partial charge is 0.263 e. The van der Waals surface area contributed by atoms with Gasteiger partial charge in [0.25, 0.3) is 12.3 Å². The van der Waals surface area contributed by atoms with Gasteiger partial charge in [-0.05, 0) is 34.5 Å². The number of hydrogen-bond donors (Lipinski definition) is 0. The summed E-state index contributed by atoms with van der Waals surface area (Å²) >= 11 is 4.54. The van der Waals surface area contributed by atoms with E-state index in [9.17, 15) is 13.6 Å². The lowest BCUT2D eigenvalue weighted by Crippen LogP contribution is -2.30. The molecule has 0 unspecified atom stereocenters. The third-order valence-corrected chi connectivity index (χ3v) is 3.95. The van der Waals surface area contributed by atoms with Crippen molar-refractivity contribution in [3.05, 3.63) is 20.3 Å². The second kappa shape index (κ2) is 5.03. The van der Waals surface area contributed by atoms with Crippen LogP contribution in [0.25, 0.3) is 0 Å². The van der Waals surface area contributed by atoms with E-state index in [0.29, 0.717) is 4.88 Å². The molecule has 0 bridgehead atoms. The minimum absolute atomic E-state index is 0.367. The Bertz CT molecular complexity index is 347. The molecule has 0 aromatic carbocycles. The lowest BCUT2D eigenvalue weighted by Gasteiger charge is -2.14. The van der Waals surface area contributed by atoms with Crippen LogP contribution in [-0.2, 0) is 0 Å². The number of hydrogen-bond acceptors (Lipinski definition) is 2. The number of alkyl halides is 2. The number of rotatable bonds is 3. The minimum atomic E-state index is -2.50. The highest BCUT2D eigenvalue weighted by molar-refractivity contribution is 9.11. The van der Waals surface area contributed by atoms with Gasteiger partial charge in [-0.2, -0.15) is 0 Å². The van der Waals surface area contributed by atoms with Gasteiger partial charge in [0.2, 0.25) is 0 Å². The fourth-order valence-electron chi connectivity index (χ4n) is 1.04. The maximum atomic E-state index is 12.0. The Kier molecular flexibility index (Phi) is 4.21. The van der Waals surface area contributed by atoms with E-state index in [1.807, 2.05) is 6.92 Å². The van der Waals surface area contributed by atoms with Crippen molar-refractivity contribution in [3.8, 4) is 0 Å². The summed E-state index contributed by atoms with van der Waals surface area (Å²) in [6.45, 7) is 1.32. The average Bonchev–Trinajstić information content (AvgIpc) is 2.44. The zero-order chi connectivity index (χ0) is 11.6. The second-order valence-corrected chi connectivity index (χ2v) is 5.51. The predicted octanol–water partition coefficient (Wildman–Crippen LogP) is 3.16. The van der Waals surface area contributed by atoms with Crippen molar-refractivity contribution in [1.29, 1.82) is 0 Å². The molecule has 0 atom stereocenters. The van der Waals surface area contributed by atoms with Gasteiger partial charge in [0, 0.05) is 7.05 Å². The first-order valence-electron chi connectivity index (χ1n) is 4.21. The van der Waals surface area contributed by atoms with E-state index < -0.39 is 13.0 Å². The van der Waals surface area contributed by atoms with Gasteiger partial charge in [-0.15, -0.1) is 11.3 Å². The van der Waals surface area contributed by atoms with E-state index in [1.54, 1.807) is 6.07 Å². The summed E-state index contributed by atoms with van der Waals surface area (Å²) in [5.41, 5.74) is 0.939. The van der Waals surface area contributed by atoms with E-state index in [4.69, 9.17) is 0 Å². The summed E-state index contributed by atoms with van der Waals surface area (Å²) in [5.74, 6) is -0.367. The zero-order valence-corrected chi connectivity index (χ0v) is 10.7. The van der Waals surface area contributed by atoms with Gasteiger partial charge in [0.15, 0.2) is 0 Å². The summed E-state index contributed by atoms with van der Waals surface area (Å²) in [6, 6.07) is 1.69. The molecule has 15 heavy (non-hydrogen) atoms. The van der Waals surface area contributed by atoms with Crippen LogP contribution in [0, 0.1) is 6.92 Å². The SMILES string of the molecule is Cc1cc(C(=O)N(C)CC(F)F)sc1Br. The third-order valence-electron chi connectivity index (χ3n) is 1.83. The molecule has 1 rings (SSSR count). The van der Waals surface area contributed by atoms with Crippen molar-refractivity contribution in [3.63, 3.8) is 0 Å². The molecular formula is C9H10BrF2NOS. The molecule has 2 nitrogen and oxygen atoms in total. The quantitative estimate of drug-likeness (QED) is 0.839. The molecule has 1 aromatic rings. The third kappa shape index (κ3) is 3.24. The molecule has 0 aliphatic heterocycles. The topological polar surface area (TPSA) is 20.3 Å². The van der Waals surface area contributed by atoms with Gasteiger partial charge in [0.1, 0.15) is 0 Å². The summed E-state index contributed by atoms with van der Waals surface area (Å²) < 4.78 is 24.9. The molecule has 0 radical (unpaired) electrons. The van der Waals surface area contributed by atoms with E-state index in [1.165, 1.54) is 18.4 Å². The fraction of sp³-hybridized carbons (Fsp3) is 0.444. The Morgan fingerprint density at radius 3 is 2.67 bits per heavy atom. The van der Waals surface area contributed by atoms with Crippen LogP contribution in [0.3, 0.4) is 0 Å². The van der Waals surface area contributed by atoms with Gasteiger partial charge in [-0.25, -0.2) is 8.78 Å². The Hall–Kier alpha value is -0.490. The largest absolute Gasteiger partial charge is 0.335 e. The van der Waals surface area contributed by atoms with Crippen LogP contribution in [0.1, 0.15) is 15.2 Å². The molecule has 1 heterocycles. The Morgan fingerprint density at radius 2 is 2.27 bits per heavy atom. The van der Waals surface area contributed by atoms with Crippen LogP contribution >= 0.6 is 27.3 Å². The second-order valence-electron chi connectivity index (χ2n) is 3.14. The number of carbonyl (C=O) groups excluding carboxylic acids is 1. The molecule has 0 N–H and O–H groups in total.